The number of nitrogens with zero attached hydrogens (tertiary/aromatic N) is 2. The highest BCUT2D eigenvalue weighted by Crippen LogP contribution is 2.29. The molecular weight excluding hydrogens is 375 g/mol. The Morgan fingerprint density at radius 1 is 1.24 bits per heavy atom. The lowest BCUT2D eigenvalue weighted by Gasteiger charge is -2.14. The zero-order valence-corrected chi connectivity index (χ0v) is 16.6. The average molecular weight is 398 g/mol. The van der Waals surface area contributed by atoms with E-state index in [-0.39, 0.29) is 30.3 Å². The number of allylic oxidation sites excluding steroid dienone is 4. The number of aromatic nitrogens is 2. The van der Waals surface area contributed by atoms with E-state index >= 15 is 0 Å². The summed E-state index contributed by atoms with van der Waals surface area (Å²) in [4.78, 5) is 25.3. The minimum Gasteiger partial charge on any atom is -0.464 e. The van der Waals surface area contributed by atoms with E-state index in [2.05, 4.69) is 5.10 Å². The van der Waals surface area contributed by atoms with Crippen LogP contribution in [0.15, 0.2) is 48.6 Å². The number of methoxy groups -OCH3 is 1. The van der Waals surface area contributed by atoms with Crippen LogP contribution in [-0.4, -0.2) is 35.0 Å². The van der Waals surface area contributed by atoms with Gasteiger partial charge in [-0.15, -0.1) is 0 Å². The maximum atomic E-state index is 13.5. The van der Waals surface area contributed by atoms with Crippen molar-refractivity contribution in [2.75, 3.05) is 7.11 Å². The van der Waals surface area contributed by atoms with Crippen molar-refractivity contribution >= 4 is 17.6 Å². The van der Waals surface area contributed by atoms with Crippen LogP contribution in [-0.2, 0) is 16.1 Å². The Morgan fingerprint density at radius 3 is 2.55 bits per heavy atom. The third-order valence-corrected chi connectivity index (χ3v) is 4.56. The Bertz CT molecular complexity index is 961. The molecule has 1 atom stereocenters. The van der Waals surface area contributed by atoms with E-state index in [0.717, 1.165) is 5.56 Å². The van der Waals surface area contributed by atoms with Gasteiger partial charge in [-0.25, -0.2) is 18.7 Å². The summed E-state index contributed by atoms with van der Waals surface area (Å²) in [6, 6.07) is 9.28. The highest BCUT2D eigenvalue weighted by atomic mass is 19.1. The number of carbonyl (C=O) groups is 2. The molecule has 1 aliphatic rings. The predicted molar refractivity (Wildman–Crippen MR) is 106 cm³/mol. The van der Waals surface area contributed by atoms with E-state index in [0.29, 0.717) is 11.3 Å². The van der Waals surface area contributed by atoms with Gasteiger partial charge in [-0.1, -0.05) is 50.3 Å². The SMILES string of the molecule is COC(=O)c1nn(C2=CCC(F)C=C2)c(C(=O)OCc2ccccc2)c1C(C)C. The second-order valence-corrected chi connectivity index (χ2v) is 6.97. The molecule has 6 nitrogen and oxygen atoms in total. The molecule has 0 bridgehead atoms. The summed E-state index contributed by atoms with van der Waals surface area (Å²) in [5.74, 6) is -1.45. The summed E-state index contributed by atoms with van der Waals surface area (Å²) < 4.78 is 25.2. The molecule has 0 saturated heterocycles. The first-order chi connectivity index (χ1) is 13.9. The van der Waals surface area contributed by atoms with Crippen molar-refractivity contribution in [2.45, 2.75) is 39.0 Å². The van der Waals surface area contributed by atoms with Crippen LogP contribution < -0.4 is 0 Å². The number of carbonyl (C=O) groups excluding carboxylic acids is 2. The van der Waals surface area contributed by atoms with Crippen molar-refractivity contribution < 1.29 is 23.5 Å². The number of benzene rings is 1. The minimum absolute atomic E-state index is 0.0471. The zero-order chi connectivity index (χ0) is 21.0. The van der Waals surface area contributed by atoms with Gasteiger partial charge < -0.3 is 9.47 Å². The lowest BCUT2D eigenvalue weighted by atomic mass is 10.00. The summed E-state index contributed by atoms with van der Waals surface area (Å²) in [7, 11) is 1.26. The van der Waals surface area contributed by atoms with E-state index < -0.39 is 18.1 Å². The Hall–Kier alpha value is -3.22. The number of rotatable bonds is 6. The van der Waals surface area contributed by atoms with Gasteiger partial charge >= 0.3 is 11.9 Å². The molecule has 0 amide bonds. The molecule has 1 unspecified atom stereocenters. The molecule has 1 heterocycles. The molecule has 0 saturated carbocycles. The van der Waals surface area contributed by atoms with Crippen molar-refractivity contribution in [2.24, 2.45) is 0 Å². The van der Waals surface area contributed by atoms with Crippen LogP contribution in [0.4, 0.5) is 4.39 Å². The van der Waals surface area contributed by atoms with E-state index in [9.17, 15) is 14.0 Å². The Morgan fingerprint density at radius 2 is 1.97 bits per heavy atom. The third-order valence-electron chi connectivity index (χ3n) is 4.56. The number of halogens is 1. The molecule has 1 aliphatic carbocycles. The second-order valence-electron chi connectivity index (χ2n) is 6.97. The lowest BCUT2D eigenvalue weighted by Crippen LogP contribution is -2.16. The summed E-state index contributed by atoms with van der Waals surface area (Å²) in [5.41, 5.74) is 1.97. The quantitative estimate of drug-likeness (QED) is 0.679. The summed E-state index contributed by atoms with van der Waals surface area (Å²) in [5, 5.41) is 4.33. The van der Waals surface area contributed by atoms with Crippen molar-refractivity contribution in [1.82, 2.24) is 9.78 Å². The van der Waals surface area contributed by atoms with Gasteiger partial charge in [-0.3, -0.25) is 0 Å². The molecular formula is C22H23FN2O4. The third kappa shape index (κ3) is 4.45. The normalized spacial score (nSPS) is 15.9. The fourth-order valence-corrected chi connectivity index (χ4v) is 3.14. The highest BCUT2D eigenvalue weighted by Gasteiger charge is 2.31. The lowest BCUT2D eigenvalue weighted by molar-refractivity contribution is 0.0460. The fourth-order valence-electron chi connectivity index (χ4n) is 3.14. The van der Waals surface area contributed by atoms with Crippen LogP contribution in [0.5, 0.6) is 0 Å². The van der Waals surface area contributed by atoms with E-state index in [1.807, 2.05) is 44.2 Å². The standard InChI is InChI=1S/C22H23FN2O4/c1-14(2)18-19(21(26)28-3)24-25(17-11-9-16(23)10-12-17)20(18)22(27)29-13-15-7-5-4-6-8-15/h4-9,11-12,14,16H,10,13H2,1-3H3. The minimum atomic E-state index is -1.09. The van der Waals surface area contributed by atoms with Crippen LogP contribution in [0.3, 0.4) is 0 Å². The number of hydrogen-bond acceptors (Lipinski definition) is 5. The summed E-state index contributed by atoms with van der Waals surface area (Å²) >= 11 is 0. The Labute approximate surface area is 168 Å². The van der Waals surface area contributed by atoms with Gasteiger partial charge in [0.2, 0.25) is 0 Å². The highest BCUT2D eigenvalue weighted by molar-refractivity contribution is 5.97. The van der Waals surface area contributed by atoms with Gasteiger partial charge in [0.05, 0.1) is 12.8 Å². The summed E-state index contributed by atoms with van der Waals surface area (Å²) in [6.07, 6.45) is 3.64. The van der Waals surface area contributed by atoms with Crippen molar-refractivity contribution in [1.29, 1.82) is 0 Å². The van der Waals surface area contributed by atoms with Gasteiger partial charge in [0.15, 0.2) is 11.4 Å². The predicted octanol–water partition coefficient (Wildman–Crippen LogP) is 4.29. The van der Waals surface area contributed by atoms with Gasteiger partial charge in [0, 0.05) is 12.0 Å². The molecule has 0 fully saturated rings. The fraction of sp³-hybridized carbons (Fsp3) is 0.318. The number of hydrogen-bond donors (Lipinski definition) is 0. The van der Waals surface area contributed by atoms with Crippen LogP contribution in [0.2, 0.25) is 0 Å². The summed E-state index contributed by atoms with van der Waals surface area (Å²) in [6.45, 7) is 3.78. The number of ether oxygens (including phenoxy) is 2. The zero-order valence-electron chi connectivity index (χ0n) is 16.6. The molecule has 7 heteroatoms. The molecule has 0 aliphatic heterocycles. The Kier molecular flexibility index (Phi) is 6.26. The molecule has 1 aromatic carbocycles. The molecule has 29 heavy (non-hydrogen) atoms. The second kappa shape index (κ2) is 8.86. The molecule has 0 spiro atoms. The first-order valence-corrected chi connectivity index (χ1v) is 9.37. The van der Waals surface area contributed by atoms with Crippen molar-refractivity contribution in [3.05, 3.63) is 71.1 Å². The largest absolute Gasteiger partial charge is 0.464 e. The maximum Gasteiger partial charge on any atom is 0.358 e. The first kappa shape index (κ1) is 20.5. The van der Waals surface area contributed by atoms with Crippen LogP contribution >= 0.6 is 0 Å². The molecule has 0 N–H and O–H groups in total. The van der Waals surface area contributed by atoms with E-state index in [1.54, 1.807) is 12.2 Å². The topological polar surface area (TPSA) is 70.4 Å². The Balaban J connectivity index is 2.04. The van der Waals surface area contributed by atoms with Gasteiger partial charge in [0.25, 0.3) is 0 Å². The molecule has 3 rings (SSSR count). The van der Waals surface area contributed by atoms with Gasteiger partial charge in [-0.2, -0.15) is 5.10 Å². The monoisotopic (exact) mass is 398 g/mol. The molecule has 1 aromatic heterocycles. The van der Waals surface area contributed by atoms with Crippen LogP contribution in [0, 0.1) is 0 Å². The van der Waals surface area contributed by atoms with E-state index in [4.69, 9.17) is 9.47 Å². The first-order valence-electron chi connectivity index (χ1n) is 9.37. The average Bonchev–Trinajstić information content (AvgIpc) is 3.14. The van der Waals surface area contributed by atoms with Crippen molar-refractivity contribution in [3.8, 4) is 0 Å². The molecule has 0 radical (unpaired) electrons. The number of alkyl halides is 1. The van der Waals surface area contributed by atoms with Crippen LogP contribution in [0.25, 0.3) is 5.70 Å². The number of esters is 2. The molecule has 152 valence electrons. The van der Waals surface area contributed by atoms with Gasteiger partial charge in [0.1, 0.15) is 12.8 Å². The van der Waals surface area contributed by atoms with E-state index in [1.165, 1.54) is 17.9 Å². The van der Waals surface area contributed by atoms with Crippen molar-refractivity contribution in [3.63, 3.8) is 0 Å². The molecule has 2 aromatic rings. The smallest absolute Gasteiger partial charge is 0.358 e. The van der Waals surface area contributed by atoms with Crippen LogP contribution in [0.1, 0.15) is 58.3 Å². The maximum absolute atomic E-state index is 13.5. The van der Waals surface area contributed by atoms with Gasteiger partial charge in [-0.05, 0) is 23.6 Å².